The average Bonchev–Trinajstić information content (AvgIpc) is 2.14. The van der Waals surface area contributed by atoms with Crippen molar-refractivity contribution in [1.29, 1.82) is 0 Å². The molecule has 1 N–H and O–H groups in total. The lowest BCUT2D eigenvalue weighted by atomic mass is 11.0. The minimum atomic E-state index is 0.0779. The van der Waals surface area contributed by atoms with E-state index in [9.17, 15) is 4.57 Å². The molecule has 0 saturated carbocycles. The molecule has 1 aromatic heterocycles. The molecule has 0 amide bonds. The van der Waals surface area contributed by atoms with Gasteiger partial charge >= 0.3 is 4.75 Å². The van der Waals surface area contributed by atoms with Crippen molar-refractivity contribution in [1.82, 2.24) is 0 Å². The first-order valence-corrected chi connectivity index (χ1v) is 3.41. The number of hydrogen-bond donors (Lipinski definition) is 0. The van der Waals surface area contributed by atoms with Gasteiger partial charge in [0.2, 0.25) is 0 Å². The normalized spacial score (nSPS) is 9.71. The summed E-state index contributed by atoms with van der Waals surface area (Å²) in [6, 6.07) is 0. The standard InChI is InChI=1S/C3H2NOPS/c5-6-3-4-1-2-7-3/h1-2H/p+1. The Kier molecular flexibility index (Phi) is 1.50. The average molecular weight is 132 g/mol. The Morgan fingerprint density at radius 1 is 1.86 bits per heavy atom. The topological polar surface area (TPSA) is 31.2 Å². The Bertz CT molecular complexity index is 150. The molecule has 0 unspecified atom stereocenters. The molecule has 0 radical (unpaired) electrons. The maximum Gasteiger partial charge on any atom is 0.327 e. The van der Waals surface area contributed by atoms with Crippen molar-refractivity contribution in [3.8, 4) is 0 Å². The van der Waals surface area contributed by atoms with Gasteiger partial charge in [0.05, 0.1) is 5.38 Å². The molecule has 0 aliphatic rings. The van der Waals surface area contributed by atoms with Crippen molar-refractivity contribution < 1.29 is 9.55 Å². The minimum absolute atomic E-state index is 0.0779. The Balaban J connectivity index is 2.96. The van der Waals surface area contributed by atoms with E-state index in [2.05, 4.69) is 4.98 Å². The predicted octanol–water partition coefficient (Wildman–Crippen LogP) is 0.479. The highest BCUT2D eigenvalue weighted by Gasteiger charge is 1.96. The molecule has 0 spiro atoms. The van der Waals surface area contributed by atoms with E-state index in [1.807, 2.05) is 5.38 Å². The number of nitrogens with one attached hydrogen (secondary N) is 1. The van der Waals surface area contributed by atoms with Crippen molar-refractivity contribution in [3.63, 3.8) is 0 Å². The lowest BCUT2D eigenvalue weighted by Crippen LogP contribution is -2.11. The van der Waals surface area contributed by atoms with Crippen LogP contribution in [-0.2, 0) is 4.57 Å². The van der Waals surface area contributed by atoms with Crippen LogP contribution in [0.2, 0.25) is 0 Å². The Labute approximate surface area is 46.4 Å². The summed E-state index contributed by atoms with van der Waals surface area (Å²) in [5.74, 6) is 0. The third-order valence-corrected chi connectivity index (χ3v) is 1.99. The molecule has 0 atom stereocenters. The number of thiazole rings is 1. The summed E-state index contributed by atoms with van der Waals surface area (Å²) in [6.45, 7) is 0. The molecule has 2 nitrogen and oxygen atoms in total. The Morgan fingerprint density at radius 2 is 2.71 bits per heavy atom. The van der Waals surface area contributed by atoms with Crippen molar-refractivity contribution in [3.05, 3.63) is 11.6 Å². The highest BCUT2D eigenvalue weighted by atomic mass is 32.1. The van der Waals surface area contributed by atoms with Crippen LogP contribution in [0.15, 0.2) is 11.6 Å². The largest absolute Gasteiger partial charge is 0.327 e. The van der Waals surface area contributed by atoms with Crippen LogP contribution in [0, 0.1) is 0 Å². The highest BCUT2D eigenvalue weighted by molar-refractivity contribution is 7.45. The fourth-order valence-corrected chi connectivity index (χ4v) is 1.17. The number of aromatic nitrogens is 1. The van der Waals surface area contributed by atoms with E-state index >= 15 is 0 Å². The van der Waals surface area contributed by atoms with Gasteiger partial charge in [0.25, 0.3) is 8.46 Å². The summed E-state index contributed by atoms with van der Waals surface area (Å²) in [5, 5.41) is 1.85. The molecule has 1 heterocycles. The van der Waals surface area contributed by atoms with Gasteiger partial charge in [-0.05, 0) is 0 Å². The molecular formula is C3H3NOPS+. The van der Waals surface area contributed by atoms with Crippen molar-refractivity contribution in [2.24, 2.45) is 0 Å². The van der Waals surface area contributed by atoms with Gasteiger partial charge < -0.3 is 0 Å². The van der Waals surface area contributed by atoms with Crippen molar-refractivity contribution in [2.75, 3.05) is 0 Å². The lowest BCUT2D eigenvalue weighted by Gasteiger charge is -1.54. The van der Waals surface area contributed by atoms with Gasteiger partial charge in [-0.1, -0.05) is 11.3 Å². The van der Waals surface area contributed by atoms with E-state index in [-0.39, 0.29) is 8.46 Å². The first-order valence-electron chi connectivity index (χ1n) is 1.72. The van der Waals surface area contributed by atoms with Crippen LogP contribution in [0.4, 0.5) is 0 Å². The zero-order valence-electron chi connectivity index (χ0n) is 3.42. The van der Waals surface area contributed by atoms with Gasteiger partial charge in [-0.2, -0.15) is 4.98 Å². The second kappa shape index (κ2) is 2.15. The number of rotatable bonds is 1. The summed E-state index contributed by atoms with van der Waals surface area (Å²) in [6.07, 6.45) is 1.75. The summed E-state index contributed by atoms with van der Waals surface area (Å²) in [7, 11) is 0.0779. The Morgan fingerprint density at radius 3 is 3.00 bits per heavy atom. The molecule has 36 valence electrons. The van der Waals surface area contributed by atoms with Crippen LogP contribution < -0.4 is 9.73 Å². The molecule has 0 bridgehead atoms. The molecule has 0 saturated heterocycles. The van der Waals surface area contributed by atoms with E-state index in [1.165, 1.54) is 11.3 Å². The summed E-state index contributed by atoms with van der Waals surface area (Å²) in [4.78, 5) is 2.78. The molecule has 0 aromatic carbocycles. The van der Waals surface area contributed by atoms with Crippen LogP contribution in [0.5, 0.6) is 0 Å². The zero-order valence-corrected chi connectivity index (χ0v) is 5.13. The van der Waals surface area contributed by atoms with E-state index in [0.29, 0.717) is 0 Å². The van der Waals surface area contributed by atoms with Gasteiger partial charge in [0.1, 0.15) is 0 Å². The molecule has 1 aromatic rings. The Hall–Kier alpha value is -0.270. The van der Waals surface area contributed by atoms with Crippen molar-refractivity contribution in [2.45, 2.75) is 0 Å². The molecule has 7 heavy (non-hydrogen) atoms. The van der Waals surface area contributed by atoms with Crippen LogP contribution in [-0.4, -0.2) is 0 Å². The quantitative estimate of drug-likeness (QED) is 0.511. The molecule has 0 fully saturated rings. The van der Waals surface area contributed by atoms with Crippen LogP contribution in [0.25, 0.3) is 0 Å². The first-order chi connectivity index (χ1) is 3.43. The number of H-pyrrole nitrogens is 1. The smallest absolute Gasteiger partial charge is 0.262 e. The minimum Gasteiger partial charge on any atom is -0.262 e. The maximum absolute atomic E-state index is 9.94. The molecule has 1 rings (SSSR count). The van der Waals surface area contributed by atoms with Gasteiger partial charge in [-0.3, -0.25) is 4.57 Å². The van der Waals surface area contributed by atoms with Crippen LogP contribution in [0.3, 0.4) is 0 Å². The number of hydrogen-bond acceptors (Lipinski definition) is 2. The third kappa shape index (κ3) is 1.05. The SMILES string of the molecule is O=Pc1[nH+]ccs1. The fraction of sp³-hybridized carbons (Fsp3) is 0. The molecule has 4 heteroatoms. The maximum atomic E-state index is 9.94. The molecule has 0 aliphatic carbocycles. The van der Waals surface area contributed by atoms with Crippen LogP contribution >= 0.6 is 19.8 Å². The zero-order chi connectivity index (χ0) is 5.11. The van der Waals surface area contributed by atoms with Crippen molar-refractivity contribution >= 4 is 24.5 Å². The third-order valence-electron chi connectivity index (χ3n) is 0.537. The molecule has 0 aliphatic heterocycles. The second-order valence-corrected chi connectivity index (χ2v) is 2.81. The monoisotopic (exact) mass is 132 g/mol. The summed E-state index contributed by atoms with van der Waals surface area (Å²) in [5.41, 5.74) is 0. The van der Waals surface area contributed by atoms with E-state index in [0.717, 1.165) is 4.75 Å². The fourth-order valence-electron chi connectivity index (χ4n) is 0.286. The first kappa shape index (κ1) is 4.88. The van der Waals surface area contributed by atoms with Gasteiger partial charge in [-0.15, -0.1) is 0 Å². The highest BCUT2D eigenvalue weighted by Crippen LogP contribution is 1.93. The summed E-state index contributed by atoms with van der Waals surface area (Å²) < 4.78 is 10.7. The number of aromatic amines is 1. The van der Waals surface area contributed by atoms with Gasteiger partial charge in [0.15, 0.2) is 6.20 Å². The van der Waals surface area contributed by atoms with Gasteiger partial charge in [0, 0.05) is 0 Å². The van der Waals surface area contributed by atoms with Crippen LogP contribution in [0.1, 0.15) is 0 Å². The predicted molar refractivity (Wildman–Crippen MR) is 28.1 cm³/mol. The lowest BCUT2D eigenvalue weighted by molar-refractivity contribution is -0.348. The van der Waals surface area contributed by atoms with E-state index < -0.39 is 0 Å². The second-order valence-electron chi connectivity index (χ2n) is 0.961. The van der Waals surface area contributed by atoms with E-state index in [4.69, 9.17) is 0 Å². The molecular weight excluding hydrogens is 129 g/mol. The van der Waals surface area contributed by atoms with E-state index in [1.54, 1.807) is 6.20 Å². The van der Waals surface area contributed by atoms with Gasteiger partial charge in [-0.25, -0.2) is 0 Å². The summed E-state index contributed by atoms with van der Waals surface area (Å²) >= 11 is 1.44.